The van der Waals surface area contributed by atoms with Crippen molar-refractivity contribution in [3.63, 3.8) is 0 Å². The Morgan fingerprint density at radius 2 is 1.47 bits per heavy atom. The van der Waals surface area contributed by atoms with Gasteiger partial charge in [-0.25, -0.2) is 0 Å². The molecule has 0 aliphatic heterocycles. The molecule has 0 aliphatic rings. The summed E-state index contributed by atoms with van der Waals surface area (Å²) in [6, 6.07) is 3.17. The Bertz CT molecular complexity index is 401. The van der Waals surface area contributed by atoms with Gasteiger partial charge in [-0.3, -0.25) is 0 Å². The van der Waals surface area contributed by atoms with Crippen LogP contribution in [-0.2, 0) is 6.18 Å². The van der Waals surface area contributed by atoms with E-state index in [9.17, 15) is 13.2 Å². The van der Waals surface area contributed by atoms with Crippen molar-refractivity contribution in [2.75, 3.05) is 0 Å². The summed E-state index contributed by atoms with van der Waals surface area (Å²) in [5, 5.41) is 0. The molecule has 0 aliphatic carbocycles. The number of aryl methyl sites for hydroxylation is 1. The van der Waals surface area contributed by atoms with Crippen molar-refractivity contribution in [2.45, 2.75) is 52.6 Å². The molecule has 0 saturated heterocycles. The Labute approximate surface area is 101 Å². The molecule has 0 aromatic heterocycles. The molecule has 3 heteroatoms. The summed E-state index contributed by atoms with van der Waals surface area (Å²) < 4.78 is 39.1. The first-order valence-electron chi connectivity index (χ1n) is 5.86. The molecule has 0 heterocycles. The van der Waals surface area contributed by atoms with Crippen molar-refractivity contribution in [3.8, 4) is 0 Å². The van der Waals surface area contributed by atoms with Crippen LogP contribution < -0.4 is 0 Å². The maximum Gasteiger partial charge on any atom is 0.416 e. The Morgan fingerprint density at radius 1 is 0.941 bits per heavy atom. The topological polar surface area (TPSA) is 0 Å². The summed E-state index contributed by atoms with van der Waals surface area (Å²) in [5.74, 6) is -0.0103. The van der Waals surface area contributed by atoms with Crippen LogP contribution in [-0.4, -0.2) is 0 Å². The maximum absolute atomic E-state index is 13.0. The van der Waals surface area contributed by atoms with Gasteiger partial charge in [0.2, 0.25) is 0 Å². The molecule has 0 N–H and O–H groups in total. The lowest BCUT2D eigenvalue weighted by atomic mass is 9.88. The number of halogens is 3. The summed E-state index contributed by atoms with van der Waals surface area (Å²) in [7, 11) is 0. The van der Waals surface area contributed by atoms with E-state index in [-0.39, 0.29) is 11.8 Å². The Kier molecular flexibility index (Phi) is 3.90. The fourth-order valence-corrected chi connectivity index (χ4v) is 2.16. The fourth-order valence-electron chi connectivity index (χ4n) is 2.16. The molecule has 17 heavy (non-hydrogen) atoms. The molecule has 0 bridgehead atoms. The molecule has 0 saturated carbocycles. The molecule has 0 amide bonds. The van der Waals surface area contributed by atoms with Gasteiger partial charge in [-0.2, -0.15) is 13.2 Å². The molecule has 0 fully saturated rings. The summed E-state index contributed by atoms with van der Waals surface area (Å²) in [5.41, 5.74) is 1.43. The third-order valence-electron chi connectivity index (χ3n) is 2.96. The van der Waals surface area contributed by atoms with E-state index in [0.29, 0.717) is 5.56 Å². The molecule has 1 aromatic rings. The summed E-state index contributed by atoms with van der Waals surface area (Å²) >= 11 is 0. The highest BCUT2D eigenvalue weighted by Crippen LogP contribution is 2.38. The van der Waals surface area contributed by atoms with Crippen LogP contribution in [0.4, 0.5) is 13.2 Å². The van der Waals surface area contributed by atoms with Gasteiger partial charge >= 0.3 is 6.18 Å². The molecule has 0 nitrogen and oxygen atoms in total. The minimum absolute atomic E-state index is 0.107. The number of benzene rings is 1. The summed E-state index contributed by atoms with van der Waals surface area (Å²) in [6.07, 6.45) is -4.27. The molecule has 96 valence electrons. The van der Waals surface area contributed by atoms with Crippen molar-refractivity contribution in [1.82, 2.24) is 0 Å². The molecular weight excluding hydrogens is 225 g/mol. The minimum atomic E-state index is -4.27. The zero-order chi connectivity index (χ0) is 13.4. The van der Waals surface area contributed by atoms with Gasteiger partial charge in [0, 0.05) is 0 Å². The largest absolute Gasteiger partial charge is 0.416 e. The maximum atomic E-state index is 13.0. The highest BCUT2D eigenvalue weighted by Gasteiger charge is 2.35. The lowest BCUT2D eigenvalue weighted by Crippen LogP contribution is -2.13. The van der Waals surface area contributed by atoms with Crippen molar-refractivity contribution < 1.29 is 13.2 Å². The third-order valence-corrected chi connectivity index (χ3v) is 2.96. The smallest absolute Gasteiger partial charge is 0.166 e. The van der Waals surface area contributed by atoms with Gasteiger partial charge in [-0.15, -0.1) is 0 Å². The monoisotopic (exact) mass is 244 g/mol. The SMILES string of the molecule is Cc1cc(C(C)C)cc(C(F)(F)F)c1C(C)C. The average Bonchev–Trinajstić information content (AvgIpc) is 2.14. The van der Waals surface area contributed by atoms with E-state index in [1.54, 1.807) is 20.8 Å². The van der Waals surface area contributed by atoms with E-state index in [1.807, 2.05) is 19.9 Å². The van der Waals surface area contributed by atoms with Crippen LogP contribution >= 0.6 is 0 Å². The van der Waals surface area contributed by atoms with Crippen LogP contribution in [0, 0.1) is 6.92 Å². The van der Waals surface area contributed by atoms with Gasteiger partial charge in [0.15, 0.2) is 0 Å². The van der Waals surface area contributed by atoms with Crippen molar-refractivity contribution in [1.29, 1.82) is 0 Å². The highest BCUT2D eigenvalue weighted by molar-refractivity contribution is 5.43. The second-order valence-electron chi connectivity index (χ2n) is 5.11. The van der Waals surface area contributed by atoms with Crippen molar-refractivity contribution in [2.24, 2.45) is 0 Å². The quantitative estimate of drug-likeness (QED) is 0.665. The van der Waals surface area contributed by atoms with E-state index in [4.69, 9.17) is 0 Å². The summed E-state index contributed by atoms with van der Waals surface area (Å²) in [6.45, 7) is 9.17. The van der Waals surface area contributed by atoms with Crippen molar-refractivity contribution >= 4 is 0 Å². The Morgan fingerprint density at radius 3 is 1.82 bits per heavy atom. The van der Waals surface area contributed by atoms with Crippen molar-refractivity contribution in [3.05, 3.63) is 34.4 Å². The van der Waals surface area contributed by atoms with Gasteiger partial charge in [-0.05, 0) is 41.5 Å². The molecule has 1 rings (SSSR count). The Balaban J connectivity index is 3.51. The van der Waals surface area contributed by atoms with Crippen LogP contribution in [0.2, 0.25) is 0 Å². The molecular formula is C14H19F3. The average molecular weight is 244 g/mol. The zero-order valence-corrected chi connectivity index (χ0v) is 10.9. The first kappa shape index (κ1) is 14.1. The molecule has 0 unspecified atom stereocenters. The molecule has 0 spiro atoms. The van der Waals surface area contributed by atoms with E-state index in [1.165, 1.54) is 6.07 Å². The zero-order valence-electron chi connectivity index (χ0n) is 10.9. The van der Waals surface area contributed by atoms with Gasteiger partial charge in [0.1, 0.15) is 0 Å². The van der Waals surface area contributed by atoms with Crippen LogP contribution in [0.5, 0.6) is 0 Å². The Hall–Kier alpha value is -0.990. The van der Waals surface area contributed by atoms with E-state index < -0.39 is 11.7 Å². The number of rotatable bonds is 2. The minimum Gasteiger partial charge on any atom is -0.166 e. The van der Waals surface area contributed by atoms with E-state index in [0.717, 1.165) is 11.1 Å². The normalized spacial score (nSPS) is 12.6. The molecule has 0 atom stereocenters. The predicted octanol–water partition coefficient (Wildman–Crippen LogP) is 5.26. The first-order valence-corrected chi connectivity index (χ1v) is 5.86. The molecule has 1 aromatic carbocycles. The lowest BCUT2D eigenvalue weighted by molar-refractivity contribution is -0.138. The highest BCUT2D eigenvalue weighted by atomic mass is 19.4. The van der Waals surface area contributed by atoms with Gasteiger partial charge in [0.25, 0.3) is 0 Å². The first-order chi connectivity index (χ1) is 7.64. The lowest BCUT2D eigenvalue weighted by Gasteiger charge is -2.21. The number of hydrogen-bond acceptors (Lipinski definition) is 0. The predicted molar refractivity (Wildman–Crippen MR) is 64.4 cm³/mol. The van der Waals surface area contributed by atoms with Crippen LogP contribution in [0.3, 0.4) is 0 Å². The standard InChI is InChI=1S/C14H19F3/c1-8(2)11-6-10(5)13(9(3)4)12(7-11)14(15,16)17/h6-9H,1-5H3. The second kappa shape index (κ2) is 4.71. The van der Waals surface area contributed by atoms with Crippen LogP contribution in [0.1, 0.15) is 61.8 Å². The van der Waals surface area contributed by atoms with Gasteiger partial charge < -0.3 is 0 Å². The number of hydrogen-bond donors (Lipinski definition) is 0. The third kappa shape index (κ3) is 3.02. The summed E-state index contributed by atoms with van der Waals surface area (Å²) in [4.78, 5) is 0. The second-order valence-corrected chi connectivity index (χ2v) is 5.11. The van der Waals surface area contributed by atoms with E-state index in [2.05, 4.69) is 0 Å². The van der Waals surface area contributed by atoms with Gasteiger partial charge in [-0.1, -0.05) is 33.8 Å². The van der Waals surface area contributed by atoms with E-state index >= 15 is 0 Å². The fraction of sp³-hybridized carbons (Fsp3) is 0.571. The molecule has 0 radical (unpaired) electrons. The van der Waals surface area contributed by atoms with Crippen LogP contribution in [0.25, 0.3) is 0 Å². The number of alkyl halides is 3. The van der Waals surface area contributed by atoms with Crippen LogP contribution in [0.15, 0.2) is 12.1 Å². The van der Waals surface area contributed by atoms with Gasteiger partial charge in [0.05, 0.1) is 5.56 Å².